The van der Waals surface area contributed by atoms with Crippen molar-refractivity contribution in [2.75, 3.05) is 6.54 Å². The summed E-state index contributed by atoms with van der Waals surface area (Å²) in [6.07, 6.45) is 1.78. The van der Waals surface area contributed by atoms with Crippen molar-refractivity contribution in [3.63, 3.8) is 0 Å². The van der Waals surface area contributed by atoms with E-state index in [0.717, 1.165) is 16.8 Å². The lowest BCUT2D eigenvalue weighted by atomic mass is 10.2. The summed E-state index contributed by atoms with van der Waals surface area (Å²) in [6, 6.07) is 11.3. The van der Waals surface area contributed by atoms with Crippen LogP contribution in [-0.2, 0) is 17.9 Å². The van der Waals surface area contributed by atoms with Gasteiger partial charge in [0, 0.05) is 30.0 Å². The van der Waals surface area contributed by atoms with E-state index >= 15 is 0 Å². The summed E-state index contributed by atoms with van der Waals surface area (Å²) in [4.78, 5) is 17.1. The van der Waals surface area contributed by atoms with Crippen LogP contribution in [0.25, 0.3) is 0 Å². The number of carbonyl (C=O) groups is 1. The van der Waals surface area contributed by atoms with E-state index in [2.05, 4.69) is 4.98 Å². The summed E-state index contributed by atoms with van der Waals surface area (Å²) in [6.45, 7) is 3.00. The lowest BCUT2D eigenvalue weighted by Gasteiger charge is -2.20. The Balaban J connectivity index is 2.08. The molecule has 0 bridgehead atoms. The molecule has 0 fully saturated rings. The minimum absolute atomic E-state index is 0.0174. The molecule has 0 radical (unpaired) electrons. The number of aromatic nitrogens is 1. The standard InChI is InChI=1S/C16H17ClN2O2/c1-12-2-3-14(8-18-12)10-19(11-16(20)21)9-13-4-6-15(17)7-5-13/h2-8H,9-11H2,1H3,(H,20,21). The van der Waals surface area contributed by atoms with Gasteiger partial charge in [0.15, 0.2) is 0 Å². The first-order chi connectivity index (χ1) is 10.0. The first-order valence-corrected chi connectivity index (χ1v) is 7.01. The molecule has 4 nitrogen and oxygen atoms in total. The second kappa shape index (κ2) is 7.20. The normalized spacial score (nSPS) is 10.8. The van der Waals surface area contributed by atoms with Crippen LogP contribution >= 0.6 is 11.6 Å². The highest BCUT2D eigenvalue weighted by Gasteiger charge is 2.11. The molecule has 0 atom stereocenters. The van der Waals surface area contributed by atoms with E-state index in [-0.39, 0.29) is 6.54 Å². The average Bonchev–Trinajstić information content (AvgIpc) is 2.43. The van der Waals surface area contributed by atoms with Gasteiger partial charge in [-0.05, 0) is 36.2 Å². The summed E-state index contributed by atoms with van der Waals surface area (Å²) in [5.41, 5.74) is 2.97. The topological polar surface area (TPSA) is 53.4 Å². The van der Waals surface area contributed by atoms with E-state index in [1.165, 1.54) is 0 Å². The van der Waals surface area contributed by atoms with E-state index < -0.39 is 5.97 Å². The zero-order valence-electron chi connectivity index (χ0n) is 11.8. The third kappa shape index (κ3) is 5.17. The zero-order chi connectivity index (χ0) is 15.2. The number of carboxylic acids is 1. The van der Waals surface area contributed by atoms with Crippen molar-refractivity contribution in [3.8, 4) is 0 Å². The number of hydrogen-bond donors (Lipinski definition) is 1. The molecule has 0 aliphatic rings. The van der Waals surface area contributed by atoms with Crippen LogP contribution in [-0.4, -0.2) is 27.5 Å². The van der Waals surface area contributed by atoms with Gasteiger partial charge in [0.25, 0.3) is 0 Å². The molecule has 110 valence electrons. The Morgan fingerprint density at radius 2 is 1.76 bits per heavy atom. The summed E-state index contributed by atoms with van der Waals surface area (Å²) in [5, 5.41) is 9.72. The summed E-state index contributed by atoms with van der Waals surface area (Å²) in [7, 11) is 0. The van der Waals surface area contributed by atoms with Crippen molar-refractivity contribution >= 4 is 17.6 Å². The van der Waals surface area contributed by atoms with Crippen LogP contribution in [0.5, 0.6) is 0 Å². The molecule has 0 aliphatic heterocycles. The molecule has 1 heterocycles. The summed E-state index contributed by atoms with van der Waals surface area (Å²) < 4.78 is 0. The largest absolute Gasteiger partial charge is 0.480 e. The predicted molar refractivity (Wildman–Crippen MR) is 82.2 cm³/mol. The number of rotatable bonds is 6. The molecule has 2 aromatic rings. The van der Waals surface area contributed by atoms with Crippen LogP contribution in [0, 0.1) is 6.92 Å². The molecule has 0 unspecified atom stereocenters. The monoisotopic (exact) mass is 304 g/mol. The van der Waals surface area contributed by atoms with E-state index in [0.29, 0.717) is 18.1 Å². The van der Waals surface area contributed by atoms with Gasteiger partial charge in [-0.1, -0.05) is 29.8 Å². The Kier molecular flexibility index (Phi) is 5.31. The number of benzene rings is 1. The fourth-order valence-corrected chi connectivity index (χ4v) is 2.18. The van der Waals surface area contributed by atoms with Gasteiger partial charge in [-0.2, -0.15) is 0 Å². The molecule has 0 spiro atoms. The fraction of sp³-hybridized carbons (Fsp3) is 0.250. The number of halogens is 1. The van der Waals surface area contributed by atoms with E-state index in [1.54, 1.807) is 6.20 Å². The van der Waals surface area contributed by atoms with Gasteiger partial charge in [-0.25, -0.2) is 0 Å². The van der Waals surface area contributed by atoms with Gasteiger partial charge in [-0.15, -0.1) is 0 Å². The molecule has 1 aromatic carbocycles. The van der Waals surface area contributed by atoms with Gasteiger partial charge >= 0.3 is 5.97 Å². The minimum Gasteiger partial charge on any atom is -0.480 e. The van der Waals surface area contributed by atoms with Crippen molar-refractivity contribution in [2.45, 2.75) is 20.0 Å². The molecule has 0 saturated heterocycles. The van der Waals surface area contributed by atoms with E-state index in [4.69, 9.17) is 16.7 Å². The lowest BCUT2D eigenvalue weighted by Crippen LogP contribution is -2.29. The summed E-state index contributed by atoms with van der Waals surface area (Å²) in [5.74, 6) is -0.843. The lowest BCUT2D eigenvalue weighted by molar-refractivity contribution is -0.138. The number of aryl methyl sites for hydroxylation is 1. The molecule has 5 heteroatoms. The van der Waals surface area contributed by atoms with Crippen LogP contribution in [0.1, 0.15) is 16.8 Å². The molecule has 1 N–H and O–H groups in total. The number of hydrogen-bond acceptors (Lipinski definition) is 3. The zero-order valence-corrected chi connectivity index (χ0v) is 12.5. The molecule has 0 saturated carbocycles. The van der Waals surface area contributed by atoms with Crippen molar-refractivity contribution in [1.29, 1.82) is 0 Å². The molecule has 0 aliphatic carbocycles. The van der Waals surface area contributed by atoms with E-state index in [1.807, 2.05) is 48.2 Å². The molecule has 2 rings (SSSR count). The maximum atomic E-state index is 11.0. The van der Waals surface area contributed by atoms with Gasteiger partial charge in [0.05, 0.1) is 6.54 Å². The van der Waals surface area contributed by atoms with Crippen molar-refractivity contribution in [3.05, 3.63) is 64.4 Å². The Bertz CT molecular complexity index is 549. The van der Waals surface area contributed by atoms with E-state index in [9.17, 15) is 4.79 Å². The molecule has 0 amide bonds. The molecule has 21 heavy (non-hydrogen) atoms. The van der Waals surface area contributed by atoms with Gasteiger partial charge < -0.3 is 5.11 Å². The maximum Gasteiger partial charge on any atom is 0.317 e. The van der Waals surface area contributed by atoms with Crippen molar-refractivity contribution in [1.82, 2.24) is 9.88 Å². The molecular formula is C16H17ClN2O2. The third-order valence-corrected chi connectivity index (χ3v) is 3.31. The minimum atomic E-state index is -0.843. The highest BCUT2D eigenvalue weighted by molar-refractivity contribution is 6.30. The highest BCUT2D eigenvalue weighted by atomic mass is 35.5. The quantitative estimate of drug-likeness (QED) is 0.891. The number of nitrogens with zero attached hydrogens (tertiary/aromatic N) is 2. The summed E-state index contributed by atoms with van der Waals surface area (Å²) >= 11 is 5.86. The van der Waals surface area contributed by atoms with Gasteiger partial charge in [-0.3, -0.25) is 14.7 Å². The molecular weight excluding hydrogens is 288 g/mol. The number of carboxylic acid groups (broad SMARTS) is 1. The fourth-order valence-electron chi connectivity index (χ4n) is 2.06. The Morgan fingerprint density at radius 3 is 2.33 bits per heavy atom. The SMILES string of the molecule is Cc1ccc(CN(CC(=O)O)Cc2ccc(Cl)cc2)cn1. The maximum absolute atomic E-state index is 11.0. The first kappa shape index (κ1) is 15.5. The van der Waals surface area contributed by atoms with Crippen LogP contribution in [0.3, 0.4) is 0 Å². The van der Waals surface area contributed by atoms with Crippen LogP contribution in [0.2, 0.25) is 5.02 Å². The van der Waals surface area contributed by atoms with Crippen LogP contribution < -0.4 is 0 Å². The second-order valence-corrected chi connectivity index (χ2v) is 5.41. The van der Waals surface area contributed by atoms with Crippen LogP contribution in [0.15, 0.2) is 42.6 Å². The average molecular weight is 305 g/mol. The third-order valence-electron chi connectivity index (χ3n) is 3.06. The smallest absolute Gasteiger partial charge is 0.317 e. The second-order valence-electron chi connectivity index (χ2n) is 4.97. The van der Waals surface area contributed by atoms with Crippen molar-refractivity contribution < 1.29 is 9.90 Å². The Labute approximate surface area is 129 Å². The highest BCUT2D eigenvalue weighted by Crippen LogP contribution is 2.13. The van der Waals surface area contributed by atoms with Crippen LogP contribution in [0.4, 0.5) is 0 Å². The predicted octanol–water partition coefficient (Wildman–Crippen LogP) is 3.13. The Morgan fingerprint density at radius 1 is 1.14 bits per heavy atom. The first-order valence-electron chi connectivity index (χ1n) is 6.63. The number of aliphatic carboxylic acids is 1. The molecule has 1 aromatic heterocycles. The van der Waals surface area contributed by atoms with Gasteiger partial charge in [0.2, 0.25) is 0 Å². The van der Waals surface area contributed by atoms with Crippen molar-refractivity contribution in [2.24, 2.45) is 0 Å². The number of pyridine rings is 1. The Hall–Kier alpha value is -1.91. The van der Waals surface area contributed by atoms with Gasteiger partial charge in [0.1, 0.15) is 0 Å².